The first kappa shape index (κ1) is 19.4. The summed E-state index contributed by atoms with van der Waals surface area (Å²) in [5.41, 5.74) is 2.80. The third-order valence-corrected chi connectivity index (χ3v) is 6.75. The molecule has 2 aromatic carbocycles. The normalized spacial score (nSPS) is 11.7. The molecule has 0 fully saturated rings. The van der Waals surface area contributed by atoms with Crippen molar-refractivity contribution in [3.05, 3.63) is 88.8 Å². The minimum absolute atomic E-state index is 0.0997. The van der Waals surface area contributed by atoms with Crippen LogP contribution in [0.1, 0.15) is 17.0 Å². The van der Waals surface area contributed by atoms with Crippen LogP contribution in [0.4, 0.5) is 5.69 Å². The molecule has 0 unspecified atom stereocenters. The molecule has 0 amide bonds. The molecule has 0 atom stereocenters. The molecule has 2 aromatic heterocycles. The maximum atomic E-state index is 13.7. The van der Waals surface area contributed by atoms with E-state index in [9.17, 15) is 8.42 Å². The van der Waals surface area contributed by atoms with E-state index in [0.717, 1.165) is 11.1 Å². The van der Waals surface area contributed by atoms with Crippen LogP contribution in [0.5, 0.6) is 0 Å². The van der Waals surface area contributed by atoms with Gasteiger partial charge in [-0.05, 0) is 55.8 Å². The van der Waals surface area contributed by atoms with Gasteiger partial charge in [-0.1, -0.05) is 41.4 Å². The molecule has 8 heteroatoms. The van der Waals surface area contributed by atoms with Gasteiger partial charge in [0.2, 0.25) is 0 Å². The lowest BCUT2D eigenvalue weighted by Gasteiger charge is -2.25. The summed E-state index contributed by atoms with van der Waals surface area (Å²) < 4.78 is 30.5. The van der Waals surface area contributed by atoms with E-state index in [1.54, 1.807) is 53.9 Å². The molecular formula is C21H19ClN4O2S. The van der Waals surface area contributed by atoms with Crippen LogP contribution in [-0.2, 0) is 16.6 Å². The van der Waals surface area contributed by atoms with Crippen LogP contribution in [-0.4, -0.2) is 23.0 Å². The molecule has 0 radical (unpaired) electrons. The van der Waals surface area contributed by atoms with Gasteiger partial charge in [-0.15, -0.1) is 10.2 Å². The predicted octanol–water partition coefficient (Wildman–Crippen LogP) is 4.40. The number of halogens is 1. The van der Waals surface area contributed by atoms with E-state index >= 15 is 0 Å². The highest BCUT2D eigenvalue weighted by molar-refractivity contribution is 7.93. The third kappa shape index (κ3) is 3.71. The SMILES string of the molecule is Cc1ccc(CN(c2ccc(Cl)cc2)S(=O)(=O)c2cccn3c(C)nnc23)cc1. The Hall–Kier alpha value is -2.90. The molecule has 0 aliphatic carbocycles. The van der Waals surface area contributed by atoms with E-state index in [4.69, 9.17) is 11.6 Å². The first-order chi connectivity index (χ1) is 13.9. The Bertz CT molecular complexity index is 1270. The molecule has 148 valence electrons. The van der Waals surface area contributed by atoms with Crippen LogP contribution in [0, 0.1) is 13.8 Å². The number of fused-ring (bicyclic) bond motifs is 1. The van der Waals surface area contributed by atoms with Crippen molar-refractivity contribution in [1.29, 1.82) is 0 Å². The maximum Gasteiger partial charge on any atom is 0.268 e. The van der Waals surface area contributed by atoms with Gasteiger partial charge in [0.25, 0.3) is 10.0 Å². The largest absolute Gasteiger partial charge is 0.286 e. The summed E-state index contributed by atoms with van der Waals surface area (Å²) in [7, 11) is -3.92. The third-order valence-electron chi connectivity index (χ3n) is 4.70. The minimum atomic E-state index is -3.92. The van der Waals surface area contributed by atoms with Crippen molar-refractivity contribution in [3.63, 3.8) is 0 Å². The molecule has 4 rings (SSSR count). The monoisotopic (exact) mass is 426 g/mol. The Morgan fingerprint density at radius 3 is 2.34 bits per heavy atom. The number of hydrogen-bond donors (Lipinski definition) is 0. The van der Waals surface area contributed by atoms with Gasteiger partial charge < -0.3 is 0 Å². The van der Waals surface area contributed by atoms with Gasteiger partial charge >= 0.3 is 0 Å². The first-order valence-electron chi connectivity index (χ1n) is 9.00. The number of nitrogens with zero attached hydrogens (tertiary/aromatic N) is 4. The molecule has 0 bridgehead atoms. The van der Waals surface area contributed by atoms with E-state index in [-0.39, 0.29) is 11.4 Å². The fourth-order valence-electron chi connectivity index (χ4n) is 3.11. The predicted molar refractivity (Wildman–Crippen MR) is 114 cm³/mol. The second-order valence-electron chi connectivity index (χ2n) is 6.79. The fraction of sp³-hybridized carbons (Fsp3) is 0.143. The second-order valence-corrected chi connectivity index (χ2v) is 9.05. The van der Waals surface area contributed by atoms with Gasteiger partial charge in [-0.2, -0.15) is 0 Å². The molecule has 6 nitrogen and oxygen atoms in total. The Morgan fingerprint density at radius 2 is 1.66 bits per heavy atom. The standard InChI is InChI=1S/C21H19ClN4O2S/c1-15-5-7-17(8-6-15)14-26(19-11-9-18(22)10-12-19)29(27,28)20-4-3-13-25-16(2)23-24-21(20)25/h3-13H,14H2,1-2H3. The topological polar surface area (TPSA) is 67.6 Å². The van der Waals surface area contributed by atoms with Gasteiger partial charge in [-0.3, -0.25) is 8.71 Å². The number of benzene rings is 2. The van der Waals surface area contributed by atoms with Gasteiger partial charge in [-0.25, -0.2) is 8.42 Å². The van der Waals surface area contributed by atoms with Crippen LogP contribution < -0.4 is 4.31 Å². The van der Waals surface area contributed by atoms with E-state index in [1.165, 1.54) is 4.31 Å². The van der Waals surface area contributed by atoms with E-state index < -0.39 is 10.0 Å². The van der Waals surface area contributed by atoms with Crippen LogP contribution in [0.3, 0.4) is 0 Å². The number of aryl methyl sites for hydroxylation is 2. The van der Waals surface area contributed by atoms with Crippen LogP contribution in [0.2, 0.25) is 5.02 Å². The molecule has 4 aromatic rings. The van der Waals surface area contributed by atoms with Crippen molar-refractivity contribution in [2.24, 2.45) is 0 Å². The molecule has 0 saturated carbocycles. The Labute approximate surface area is 174 Å². The number of anilines is 1. The average Bonchev–Trinajstić information content (AvgIpc) is 3.09. The lowest BCUT2D eigenvalue weighted by molar-refractivity contribution is 0.590. The van der Waals surface area contributed by atoms with Crippen molar-refractivity contribution >= 4 is 33.0 Å². The Morgan fingerprint density at radius 1 is 0.966 bits per heavy atom. The number of rotatable bonds is 5. The van der Waals surface area contributed by atoms with Crippen LogP contribution >= 0.6 is 11.6 Å². The van der Waals surface area contributed by atoms with Crippen LogP contribution in [0.15, 0.2) is 71.8 Å². The average molecular weight is 427 g/mol. The molecule has 2 heterocycles. The summed E-state index contributed by atoms with van der Waals surface area (Å²) in [6.07, 6.45) is 1.75. The van der Waals surface area contributed by atoms with Gasteiger partial charge in [0.15, 0.2) is 5.65 Å². The molecular weight excluding hydrogens is 408 g/mol. The molecule has 0 aliphatic rings. The summed E-state index contributed by atoms with van der Waals surface area (Å²) in [5, 5.41) is 8.64. The summed E-state index contributed by atoms with van der Waals surface area (Å²) in [6.45, 7) is 3.95. The number of sulfonamides is 1. The number of hydrogen-bond acceptors (Lipinski definition) is 4. The zero-order valence-electron chi connectivity index (χ0n) is 15.9. The number of pyridine rings is 1. The molecule has 0 N–H and O–H groups in total. The lowest BCUT2D eigenvalue weighted by Crippen LogP contribution is -2.31. The zero-order chi connectivity index (χ0) is 20.6. The van der Waals surface area contributed by atoms with Crippen LogP contribution in [0.25, 0.3) is 5.65 Å². The highest BCUT2D eigenvalue weighted by atomic mass is 35.5. The molecule has 0 saturated heterocycles. The Kier molecular flexibility index (Phi) is 5.02. The van der Waals surface area contributed by atoms with Crippen molar-refractivity contribution in [2.75, 3.05) is 4.31 Å². The first-order valence-corrected chi connectivity index (χ1v) is 10.8. The number of aromatic nitrogens is 3. The molecule has 29 heavy (non-hydrogen) atoms. The fourth-order valence-corrected chi connectivity index (χ4v) is 4.81. The molecule has 0 spiro atoms. The van der Waals surface area contributed by atoms with E-state index in [1.807, 2.05) is 31.2 Å². The minimum Gasteiger partial charge on any atom is -0.286 e. The quantitative estimate of drug-likeness (QED) is 0.474. The highest BCUT2D eigenvalue weighted by Gasteiger charge is 2.28. The Balaban J connectivity index is 1.86. The van der Waals surface area contributed by atoms with Crippen molar-refractivity contribution in [3.8, 4) is 0 Å². The molecule has 0 aliphatic heterocycles. The second kappa shape index (κ2) is 7.50. The van der Waals surface area contributed by atoms with Gasteiger partial charge in [0.1, 0.15) is 10.7 Å². The van der Waals surface area contributed by atoms with Crippen molar-refractivity contribution in [1.82, 2.24) is 14.6 Å². The van der Waals surface area contributed by atoms with Gasteiger partial charge in [0, 0.05) is 11.2 Å². The van der Waals surface area contributed by atoms with E-state index in [2.05, 4.69) is 10.2 Å². The zero-order valence-corrected chi connectivity index (χ0v) is 17.5. The lowest BCUT2D eigenvalue weighted by atomic mass is 10.1. The summed E-state index contributed by atoms with van der Waals surface area (Å²) in [4.78, 5) is 0.0997. The van der Waals surface area contributed by atoms with Crippen molar-refractivity contribution < 1.29 is 8.42 Å². The highest BCUT2D eigenvalue weighted by Crippen LogP contribution is 2.29. The summed E-state index contributed by atoms with van der Waals surface area (Å²) in [5.74, 6) is 0.619. The smallest absolute Gasteiger partial charge is 0.268 e. The van der Waals surface area contributed by atoms with E-state index in [0.29, 0.717) is 22.2 Å². The summed E-state index contributed by atoms with van der Waals surface area (Å²) >= 11 is 6.02. The summed E-state index contributed by atoms with van der Waals surface area (Å²) in [6, 6.07) is 17.8. The van der Waals surface area contributed by atoms with Crippen molar-refractivity contribution in [2.45, 2.75) is 25.3 Å². The van der Waals surface area contributed by atoms with Gasteiger partial charge in [0.05, 0.1) is 12.2 Å². The maximum absolute atomic E-state index is 13.7.